The maximum atomic E-state index is 12.9. The summed E-state index contributed by atoms with van der Waals surface area (Å²) in [6, 6.07) is 7.71. The summed E-state index contributed by atoms with van der Waals surface area (Å²) in [5, 5.41) is 2.74. The number of aryl methyl sites for hydroxylation is 1. The van der Waals surface area contributed by atoms with Crippen molar-refractivity contribution in [1.82, 2.24) is 5.32 Å². The molecule has 1 N–H and O–H groups in total. The number of hydrogen-bond acceptors (Lipinski definition) is 3. The number of furan rings is 1. The van der Waals surface area contributed by atoms with Crippen LogP contribution in [0.5, 0.6) is 0 Å². The number of halogens is 1. The van der Waals surface area contributed by atoms with E-state index in [1.165, 1.54) is 18.4 Å². The van der Waals surface area contributed by atoms with Crippen molar-refractivity contribution in [2.75, 3.05) is 13.7 Å². The molecule has 1 heterocycles. The average Bonchev–Trinajstić information content (AvgIpc) is 2.87. The maximum absolute atomic E-state index is 12.9. The number of hydrogen-bond donors (Lipinski definition) is 1. The number of ether oxygens (including phenoxy) is 1. The number of methoxy groups -OCH3 is 1. The van der Waals surface area contributed by atoms with Crippen LogP contribution in [-0.4, -0.2) is 19.6 Å². The van der Waals surface area contributed by atoms with Gasteiger partial charge in [-0.15, -0.1) is 0 Å². The van der Waals surface area contributed by atoms with E-state index < -0.39 is 0 Å². The molecule has 1 amide bonds. The number of benzene rings is 1. The number of amides is 1. The van der Waals surface area contributed by atoms with Crippen molar-refractivity contribution < 1.29 is 18.3 Å². The van der Waals surface area contributed by atoms with Crippen LogP contribution in [0.1, 0.15) is 27.8 Å². The molecule has 4 nitrogen and oxygen atoms in total. The fourth-order valence-corrected chi connectivity index (χ4v) is 1.89. The van der Waals surface area contributed by atoms with E-state index in [1.54, 1.807) is 32.2 Å². The Balaban J connectivity index is 1.99. The minimum atomic E-state index is -0.338. The Hall–Kier alpha value is -2.14. The molecular formula is C15H16FNO3. The molecule has 2 rings (SSSR count). The van der Waals surface area contributed by atoms with Gasteiger partial charge in [0.25, 0.3) is 5.91 Å². The fraction of sp³-hybridized carbons (Fsp3) is 0.267. The molecule has 0 saturated heterocycles. The Kier molecular flexibility index (Phi) is 4.53. The molecule has 0 aliphatic heterocycles. The standard InChI is InChI=1S/C15H16FNO3/c1-10-7-8-20-14(10)15(18)17-9-13(19-2)11-3-5-12(16)6-4-11/h3-8,13H,9H2,1-2H3,(H,17,18). The van der Waals surface area contributed by atoms with Crippen molar-refractivity contribution in [2.24, 2.45) is 0 Å². The first-order valence-corrected chi connectivity index (χ1v) is 6.22. The van der Waals surface area contributed by atoms with E-state index in [0.29, 0.717) is 5.76 Å². The first-order chi connectivity index (χ1) is 9.61. The predicted molar refractivity (Wildman–Crippen MR) is 71.9 cm³/mol. The third-order valence-corrected chi connectivity index (χ3v) is 3.04. The summed E-state index contributed by atoms with van der Waals surface area (Å²) >= 11 is 0. The lowest BCUT2D eigenvalue weighted by molar-refractivity contribution is 0.0806. The van der Waals surface area contributed by atoms with Crippen LogP contribution in [0.3, 0.4) is 0 Å². The molecule has 0 radical (unpaired) electrons. The molecule has 5 heteroatoms. The largest absolute Gasteiger partial charge is 0.459 e. The van der Waals surface area contributed by atoms with E-state index >= 15 is 0 Å². The normalized spacial score (nSPS) is 12.2. The van der Waals surface area contributed by atoms with Crippen molar-refractivity contribution in [3.05, 3.63) is 59.3 Å². The van der Waals surface area contributed by atoms with E-state index in [4.69, 9.17) is 9.15 Å². The van der Waals surface area contributed by atoms with Crippen LogP contribution in [0.15, 0.2) is 41.0 Å². The second kappa shape index (κ2) is 6.34. The molecule has 0 spiro atoms. The van der Waals surface area contributed by atoms with Gasteiger partial charge < -0.3 is 14.5 Å². The average molecular weight is 277 g/mol. The second-order valence-corrected chi connectivity index (χ2v) is 4.42. The Morgan fingerprint density at radius 3 is 2.60 bits per heavy atom. The highest BCUT2D eigenvalue weighted by atomic mass is 19.1. The van der Waals surface area contributed by atoms with Gasteiger partial charge in [0.2, 0.25) is 0 Å². The Morgan fingerprint density at radius 2 is 2.05 bits per heavy atom. The lowest BCUT2D eigenvalue weighted by atomic mass is 10.1. The topological polar surface area (TPSA) is 51.5 Å². The van der Waals surface area contributed by atoms with Gasteiger partial charge in [0.1, 0.15) is 5.82 Å². The van der Waals surface area contributed by atoms with Crippen LogP contribution in [-0.2, 0) is 4.74 Å². The van der Waals surface area contributed by atoms with E-state index in [9.17, 15) is 9.18 Å². The van der Waals surface area contributed by atoms with Gasteiger partial charge in [0.05, 0.1) is 12.4 Å². The summed E-state index contributed by atoms with van der Waals surface area (Å²) < 4.78 is 23.3. The number of rotatable bonds is 5. The monoisotopic (exact) mass is 277 g/mol. The van der Waals surface area contributed by atoms with Gasteiger partial charge in [-0.3, -0.25) is 4.79 Å². The van der Waals surface area contributed by atoms with Crippen molar-refractivity contribution in [3.63, 3.8) is 0 Å². The first kappa shape index (κ1) is 14.3. The second-order valence-electron chi connectivity index (χ2n) is 4.42. The first-order valence-electron chi connectivity index (χ1n) is 6.22. The smallest absolute Gasteiger partial charge is 0.287 e. The minimum absolute atomic E-state index is 0.279. The van der Waals surface area contributed by atoms with Crippen molar-refractivity contribution in [2.45, 2.75) is 13.0 Å². The molecule has 0 saturated carbocycles. The van der Waals surface area contributed by atoms with E-state index in [1.807, 2.05) is 0 Å². The van der Waals surface area contributed by atoms with E-state index in [2.05, 4.69) is 5.32 Å². The molecule has 0 bridgehead atoms. The zero-order valence-electron chi connectivity index (χ0n) is 11.4. The Labute approximate surface area is 116 Å². The van der Waals surface area contributed by atoms with Crippen molar-refractivity contribution in [3.8, 4) is 0 Å². The summed E-state index contributed by atoms with van der Waals surface area (Å²) in [7, 11) is 1.54. The van der Waals surface area contributed by atoms with Crippen LogP contribution in [0, 0.1) is 12.7 Å². The molecule has 2 aromatic rings. The zero-order chi connectivity index (χ0) is 14.5. The van der Waals surface area contributed by atoms with Crippen molar-refractivity contribution >= 4 is 5.91 Å². The Morgan fingerprint density at radius 1 is 1.35 bits per heavy atom. The predicted octanol–water partition coefficient (Wildman–Crippen LogP) is 2.84. The number of carbonyl (C=O) groups is 1. The molecule has 1 unspecified atom stereocenters. The molecular weight excluding hydrogens is 261 g/mol. The van der Waals surface area contributed by atoms with Gasteiger partial charge in [-0.05, 0) is 30.7 Å². The highest BCUT2D eigenvalue weighted by Gasteiger charge is 2.16. The summed E-state index contributed by atoms with van der Waals surface area (Å²) in [6.07, 6.45) is 1.13. The van der Waals surface area contributed by atoms with Gasteiger partial charge in [-0.2, -0.15) is 0 Å². The van der Waals surface area contributed by atoms with Gasteiger partial charge in [-0.25, -0.2) is 4.39 Å². The third-order valence-electron chi connectivity index (χ3n) is 3.04. The third kappa shape index (κ3) is 3.24. The molecule has 106 valence electrons. The molecule has 1 aromatic heterocycles. The lowest BCUT2D eigenvalue weighted by Gasteiger charge is -2.16. The fourth-order valence-electron chi connectivity index (χ4n) is 1.89. The van der Waals surface area contributed by atoms with Gasteiger partial charge in [-0.1, -0.05) is 12.1 Å². The van der Waals surface area contributed by atoms with Gasteiger partial charge >= 0.3 is 0 Å². The SMILES string of the molecule is COC(CNC(=O)c1occc1C)c1ccc(F)cc1. The highest BCUT2D eigenvalue weighted by molar-refractivity contribution is 5.92. The Bertz CT molecular complexity index is 577. The van der Waals surface area contributed by atoms with Crippen LogP contribution >= 0.6 is 0 Å². The van der Waals surface area contributed by atoms with E-state index in [-0.39, 0.29) is 24.4 Å². The van der Waals surface area contributed by atoms with E-state index in [0.717, 1.165) is 11.1 Å². The molecule has 20 heavy (non-hydrogen) atoms. The molecule has 0 aliphatic carbocycles. The number of carbonyl (C=O) groups excluding carboxylic acids is 1. The molecule has 0 aliphatic rings. The highest BCUT2D eigenvalue weighted by Crippen LogP contribution is 2.16. The summed E-state index contributed by atoms with van der Waals surface area (Å²) in [4.78, 5) is 11.9. The quantitative estimate of drug-likeness (QED) is 0.914. The van der Waals surface area contributed by atoms with Crippen molar-refractivity contribution in [1.29, 1.82) is 0 Å². The van der Waals surface area contributed by atoms with Gasteiger partial charge in [0.15, 0.2) is 5.76 Å². The maximum Gasteiger partial charge on any atom is 0.287 e. The summed E-state index contributed by atoms with van der Waals surface area (Å²) in [6.45, 7) is 2.08. The minimum Gasteiger partial charge on any atom is -0.459 e. The molecule has 1 aromatic carbocycles. The zero-order valence-corrected chi connectivity index (χ0v) is 11.4. The van der Waals surface area contributed by atoms with Crippen LogP contribution in [0.4, 0.5) is 4.39 Å². The van der Waals surface area contributed by atoms with Crippen LogP contribution < -0.4 is 5.32 Å². The number of nitrogens with one attached hydrogen (secondary N) is 1. The molecule has 0 fully saturated rings. The van der Waals surface area contributed by atoms with Crippen LogP contribution in [0.25, 0.3) is 0 Å². The summed E-state index contributed by atoms with van der Waals surface area (Å²) in [5.41, 5.74) is 1.57. The van der Waals surface area contributed by atoms with Crippen LogP contribution in [0.2, 0.25) is 0 Å². The van der Waals surface area contributed by atoms with Gasteiger partial charge in [0, 0.05) is 19.2 Å². The lowest BCUT2D eigenvalue weighted by Crippen LogP contribution is -2.29. The molecule has 1 atom stereocenters. The summed E-state index contributed by atoms with van der Waals surface area (Å²) in [5.74, 6) is -0.311.